The Labute approximate surface area is 142 Å². The SMILES string of the molecule is CCOC(=O)C1CCN(C(=O)NC(C)Cc2ccccc2F)CC1. The Hall–Kier alpha value is -2.11. The van der Waals surface area contributed by atoms with E-state index in [-0.39, 0.29) is 29.8 Å². The Bertz CT molecular complexity index is 571. The van der Waals surface area contributed by atoms with Gasteiger partial charge in [-0.3, -0.25) is 4.79 Å². The van der Waals surface area contributed by atoms with E-state index in [0.717, 1.165) is 0 Å². The summed E-state index contributed by atoms with van der Waals surface area (Å²) in [6.45, 7) is 5.09. The van der Waals surface area contributed by atoms with Crippen molar-refractivity contribution < 1.29 is 18.7 Å². The Balaban J connectivity index is 1.79. The number of nitrogens with zero attached hydrogens (tertiary/aromatic N) is 1. The van der Waals surface area contributed by atoms with Crippen LogP contribution in [0.5, 0.6) is 0 Å². The first-order valence-corrected chi connectivity index (χ1v) is 8.46. The van der Waals surface area contributed by atoms with Crippen molar-refractivity contribution in [1.29, 1.82) is 0 Å². The lowest BCUT2D eigenvalue weighted by Gasteiger charge is -2.31. The highest BCUT2D eigenvalue weighted by molar-refractivity contribution is 5.76. The molecule has 24 heavy (non-hydrogen) atoms. The summed E-state index contributed by atoms with van der Waals surface area (Å²) in [7, 11) is 0. The number of carbonyl (C=O) groups is 2. The predicted molar refractivity (Wildman–Crippen MR) is 89.0 cm³/mol. The van der Waals surface area contributed by atoms with Crippen LogP contribution < -0.4 is 5.32 Å². The topological polar surface area (TPSA) is 58.6 Å². The number of urea groups is 1. The van der Waals surface area contributed by atoms with Gasteiger partial charge in [-0.05, 0) is 44.7 Å². The predicted octanol–water partition coefficient (Wildman–Crippen LogP) is 2.74. The van der Waals surface area contributed by atoms with Gasteiger partial charge in [-0.1, -0.05) is 18.2 Å². The molecule has 1 unspecified atom stereocenters. The number of esters is 1. The van der Waals surface area contributed by atoms with E-state index >= 15 is 0 Å². The molecule has 2 amide bonds. The van der Waals surface area contributed by atoms with Gasteiger partial charge in [-0.25, -0.2) is 9.18 Å². The molecule has 0 spiro atoms. The van der Waals surface area contributed by atoms with E-state index in [2.05, 4.69) is 5.32 Å². The highest BCUT2D eigenvalue weighted by Crippen LogP contribution is 2.19. The number of ether oxygens (including phenoxy) is 1. The summed E-state index contributed by atoms with van der Waals surface area (Å²) in [5, 5.41) is 2.90. The summed E-state index contributed by atoms with van der Waals surface area (Å²) in [5.41, 5.74) is 0.589. The van der Waals surface area contributed by atoms with Crippen molar-refractivity contribution in [2.75, 3.05) is 19.7 Å². The highest BCUT2D eigenvalue weighted by atomic mass is 19.1. The van der Waals surface area contributed by atoms with E-state index in [9.17, 15) is 14.0 Å². The molecule has 6 heteroatoms. The lowest BCUT2D eigenvalue weighted by molar-refractivity contribution is -0.149. The molecular weight excluding hydrogens is 311 g/mol. The van der Waals surface area contributed by atoms with Crippen LogP contribution in [-0.4, -0.2) is 42.6 Å². The van der Waals surface area contributed by atoms with Gasteiger partial charge in [-0.15, -0.1) is 0 Å². The second-order valence-corrected chi connectivity index (χ2v) is 6.16. The van der Waals surface area contributed by atoms with E-state index in [1.165, 1.54) is 6.07 Å². The number of hydrogen-bond acceptors (Lipinski definition) is 3. The molecule has 5 nitrogen and oxygen atoms in total. The van der Waals surface area contributed by atoms with Crippen molar-refractivity contribution in [2.24, 2.45) is 5.92 Å². The summed E-state index contributed by atoms with van der Waals surface area (Å²) in [6, 6.07) is 6.24. The minimum absolute atomic E-state index is 0.121. The number of nitrogens with one attached hydrogen (secondary N) is 1. The average molecular weight is 336 g/mol. The van der Waals surface area contributed by atoms with Gasteiger partial charge < -0.3 is 15.0 Å². The number of hydrogen-bond donors (Lipinski definition) is 1. The molecule has 1 saturated heterocycles. The molecule has 132 valence electrons. The fourth-order valence-corrected chi connectivity index (χ4v) is 2.93. The fourth-order valence-electron chi connectivity index (χ4n) is 2.93. The first kappa shape index (κ1) is 18.2. The van der Waals surface area contributed by atoms with Crippen molar-refractivity contribution >= 4 is 12.0 Å². The third-order valence-electron chi connectivity index (χ3n) is 4.26. The number of halogens is 1. The van der Waals surface area contributed by atoms with Crippen molar-refractivity contribution in [1.82, 2.24) is 10.2 Å². The minimum atomic E-state index is -0.256. The van der Waals surface area contributed by atoms with E-state index in [4.69, 9.17) is 4.74 Å². The van der Waals surface area contributed by atoms with Gasteiger partial charge in [0.2, 0.25) is 0 Å². The van der Waals surface area contributed by atoms with Crippen LogP contribution >= 0.6 is 0 Å². The monoisotopic (exact) mass is 336 g/mol. The van der Waals surface area contributed by atoms with Crippen LogP contribution in [0.3, 0.4) is 0 Å². The number of likely N-dealkylation sites (tertiary alicyclic amines) is 1. The maximum absolute atomic E-state index is 13.7. The molecule has 0 saturated carbocycles. The first-order chi connectivity index (χ1) is 11.5. The van der Waals surface area contributed by atoms with Crippen LogP contribution in [0.25, 0.3) is 0 Å². The molecule has 2 rings (SSSR count). The Morgan fingerprint density at radius 1 is 1.33 bits per heavy atom. The lowest BCUT2D eigenvalue weighted by atomic mass is 9.97. The normalized spacial score (nSPS) is 16.5. The highest BCUT2D eigenvalue weighted by Gasteiger charge is 2.28. The van der Waals surface area contributed by atoms with Gasteiger partial charge in [0.1, 0.15) is 5.82 Å². The van der Waals surface area contributed by atoms with Crippen LogP contribution in [-0.2, 0) is 16.0 Å². The summed E-state index contributed by atoms with van der Waals surface area (Å²) in [6.07, 6.45) is 1.68. The molecule has 0 bridgehead atoms. The summed E-state index contributed by atoms with van der Waals surface area (Å²) in [5.74, 6) is -0.552. The second kappa shape index (κ2) is 8.66. The molecular formula is C18H25FN2O3. The summed E-state index contributed by atoms with van der Waals surface area (Å²) < 4.78 is 18.7. The molecule has 1 aromatic rings. The van der Waals surface area contributed by atoms with Crippen molar-refractivity contribution in [2.45, 2.75) is 39.2 Å². The van der Waals surface area contributed by atoms with Crippen molar-refractivity contribution in [3.63, 3.8) is 0 Å². The van der Waals surface area contributed by atoms with Gasteiger partial charge in [0, 0.05) is 19.1 Å². The zero-order chi connectivity index (χ0) is 17.5. The molecule has 1 aliphatic heterocycles. The van der Waals surface area contributed by atoms with Gasteiger partial charge in [0.15, 0.2) is 0 Å². The van der Waals surface area contributed by atoms with Gasteiger partial charge in [-0.2, -0.15) is 0 Å². The quantitative estimate of drug-likeness (QED) is 0.841. The van der Waals surface area contributed by atoms with Gasteiger partial charge >= 0.3 is 12.0 Å². The third-order valence-corrected chi connectivity index (χ3v) is 4.26. The van der Waals surface area contributed by atoms with E-state index in [0.29, 0.717) is 44.5 Å². The molecule has 1 N–H and O–H groups in total. The van der Waals surface area contributed by atoms with Gasteiger partial charge in [0.05, 0.1) is 12.5 Å². The molecule has 0 aromatic heterocycles. The largest absolute Gasteiger partial charge is 0.466 e. The lowest BCUT2D eigenvalue weighted by Crippen LogP contribution is -2.48. The second-order valence-electron chi connectivity index (χ2n) is 6.16. The molecule has 1 atom stereocenters. The smallest absolute Gasteiger partial charge is 0.317 e. The van der Waals surface area contributed by atoms with Crippen LogP contribution in [0.2, 0.25) is 0 Å². The maximum Gasteiger partial charge on any atom is 0.317 e. The maximum atomic E-state index is 13.7. The van der Waals surface area contributed by atoms with E-state index in [1.54, 1.807) is 30.0 Å². The molecule has 1 heterocycles. The van der Waals surface area contributed by atoms with Crippen molar-refractivity contribution in [3.05, 3.63) is 35.6 Å². The zero-order valence-corrected chi connectivity index (χ0v) is 14.3. The Kier molecular flexibility index (Phi) is 6.58. The standard InChI is InChI=1S/C18H25FN2O3/c1-3-24-17(22)14-8-10-21(11-9-14)18(23)20-13(2)12-15-6-4-5-7-16(15)19/h4-7,13-14H,3,8-12H2,1-2H3,(H,20,23). The summed E-state index contributed by atoms with van der Waals surface area (Å²) in [4.78, 5) is 25.7. The van der Waals surface area contributed by atoms with E-state index in [1.807, 2.05) is 6.92 Å². The number of piperidine rings is 1. The van der Waals surface area contributed by atoms with Crippen LogP contribution in [0.4, 0.5) is 9.18 Å². The Morgan fingerprint density at radius 3 is 2.62 bits per heavy atom. The number of benzene rings is 1. The van der Waals surface area contributed by atoms with Crippen LogP contribution in [0, 0.1) is 11.7 Å². The number of rotatable bonds is 5. The number of amides is 2. The minimum Gasteiger partial charge on any atom is -0.466 e. The molecule has 0 aliphatic carbocycles. The van der Waals surface area contributed by atoms with Crippen LogP contribution in [0.1, 0.15) is 32.3 Å². The number of carbonyl (C=O) groups excluding carboxylic acids is 2. The first-order valence-electron chi connectivity index (χ1n) is 8.46. The molecule has 1 aromatic carbocycles. The van der Waals surface area contributed by atoms with Gasteiger partial charge in [0.25, 0.3) is 0 Å². The molecule has 1 fully saturated rings. The van der Waals surface area contributed by atoms with E-state index < -0.39 is 0 Å². The Morgan fingerprint density at radius 2 is 2.00 bits per heavy atom. The zero-order valence-electron chi connectivity index (χ0n) is 14.3. The molecule has 1 aliphatic rings. The molecule has 0 radical (unpaired) electrons. The van der Waals surface area contributed by atoms with Crippen LogP contribution in [0.15, 0.2) is 24.3 Å². The fraction of sp³-hybridized carbons (Fsp3) is 0.556. The average Bonchev–Trinajstić information content (AvgIpc) is 2.57. The van der Waals surface area contributed by atoms with Crippen molar-refractivity contribution in [3.8, 4) is 0 Å². The summed E-state index contributed by atoms with van der Waals surface area (Å²) >= 11 is 0. The third kappa shape index (κ3) is 4.94.